The molecule has 1 aliphatic heterocycles. The van der Waals surface area contributed by atoms with E-state index < -0.39 is 6.04 Å². The van der Waals surface area contributed by atoms with Gasteiger partial charge in [0.1, 0.15) is 11.9 Å². The molecule has 1 aromatic carbocycles. The van der Waals surface area contributed by atoms with Crippen LogP contribution in [-0.2, 0) is 20.7 Å². The van der Waals surface area contributed by atoms with Crippen LogP contribution in [0.5, 0.6) is 0 Å². The second-order valence-corrected chi connectivity index (χ2v) is 6.37. The molecular weight excluding hydrogens is 311 g/mol. The van der Waals surface area contributed by atoms with Crippen molar-refractivity contribution in [2.75, 3.05) is 26.3 Å². The molecule has 0 aromatic heterocycles. The topological polar surface area (TPSA) is 58.6 Å². The average Bonchev–Trinajstić information content (AvgIpc) is 2.54. The predicted octanol–water partition coefficient (Wildman–Crippen LogP) is 1.76. The summed E-state index contributed by atoms with van der Waals surface area (Å²) in [6.07, 6.45) is 0.925. The van der Waals surface area contributed by atoms with Crippen molar-refractivity contribution in [1.29, 1.82) is 0 Å². The fraction of sp³-hybridized carbons (Fsp3) is 0.556. The Bertz CT molecular complexity index is 573. The normalized spacial score (nSPS) is 17.2. The van der Waals surface area contributed by atoms with Crippen molar-refractivity contribution in [3.05, 3.63) is 35.6 Å². The molecule has 2 rings (SSSR count). The zero-order valence-electron chi connectivity index (χ0n) is 14.3. The molecule has 2 amide bonds. The summed E-state index contributed by atoms with van der Waals surface area (Å²) in [5.41, 5.74) is 0.868. The molecule has 132 valence electrons. The van der Waals surface area contributed by atoms with Gasteiger partial charge in [-0.05, 0) is 37.0 Å². The molecule has 1 fully saturated rings. The van der Waals surface area contributed by atoms with Crippen LogP contribution in [0, 0.1) is 11.7 Å². The molecule has 1 saturated heterocycles. The van der Waals surface area contributed by atoms with Crippen LogP contribution in [0.25, 0.3) is 0 Å². The number of rotatable bonds is 6. The Balaban J connectivity index is 1.77. The van der Waals surface area contributed by atoms with Crippen molar-refractivity contribution >= 4 is 11.8 Å². The molecule has 0 spiro atoms. The Morgan fingerprint density at radius 3 is 2.67 bits per heavy atom. The number of nitrogens with one attached hydrogen (secondary N) is 1. The monoisotopic (exact) mass is 336 g/mol. The van der Waals surface area contributed by atoms with Crippen molar-refractivity contribution in [3.8, 4) is 0 Å². The molecule has 24 heavy (non-hydrogen) atoms. The molecular formula is C18H25FN2O3. The zero-order chi connectivity index (χ0) is 17.5. The largest absolute Gasteiger partial charge is 0.378 e. The summed E-state index contributed by atoms with van der Waals surface area (Å²) in [5.74, 6) is -0.441. The average molecular weight is 336 g/mol. The summed E-state index contributed by atoms with van der Waals surface area (Å²) >= 11 is 0. The van der Waals surface area contributed by atoms with E-state index in [1.807, 2.05) is 13.0 Å². The summed E-state index contributed by atoms with van der Waals surface area (Å²) in [6.45, 7) is 5.85. The number of benzene rings is 1. The summed E-state index contributed by atoms with van der Waals surface area (Å²) in [7, 11) is 0. The molecule has 2 atom stereocenters. The van der Waals surface area contributed by atoms with E-state index >= 15 is 0 Å². The van der Waals surface area contributed by atoms with Crippen LogP contribution in [0.15, 0.2) is 24.3 Å². The lowest BCUT2D eigenvalue weighted by atomic mass is 9.97. The van der Waals surface area contributed by atoms with Gasteiger partial charge in [0.25, 0.3) is 0 Å². The van der Waals surface area contributed by atoms with Crippen LogP contribution < -0.4 is 5.32 Å². The summed E-state index contributed by atoms with van der Waals surface area (Å²) in [5, 5.41) is 2.76. The van der Waals surface area contributed by atoms with Crippen LogP contribution in [0.2, 0.25) is 0 Å². The van der Waals surface area contributed by atoms with Gasteiger partial charge in [0.2, 0.25) is 11.8 Å². The first-order valence-electron chi connectivity index (χ1n) is 8.36. The van der Waals surface area contributed by atoms with Crippen LogP contribution in [-0.4, -0.2) is 49.1 Å². The van der Waals surface area contributed by atoms with Gasteiger partial charge in [-0.2, -0.15) is 0 Å². The molecule has 0 saturated carbocycles. The maximum Gasteiger partial charge on any atom is 0.245 e. The van der Waals surface area contributed by atoms with Crippen LogP contribution in [0.1, 0.15) is 25.8 Å². The highest BCUT2D eigenvalue weighted by Crippen LogP contribution is 2.13. The van der Waals surface area contributed by atoms with E-state index in [4.69, 9.17) is 4.74 Å². The molecule has 6 heteroatoms. The first-order chi connectivity index (χ1) is 11.5. The zero-order valence-corrected chi connectivity index (χ0v) is 14.3. The van der Waals surface area contributed by atoms with Crippen LogP contribution >= 0.6 is 0 Å². The highest BCUT2D eigenvalue weighted by Gasteiger charge is 2.24. The number of carbonyl (C=O) groups excluding carboxylic acids is 2. The summed E-state index contributed by atoms with van der Waals surface area (Å²) < 4.78 is 18.4. The Morgan fingerprint density at radius 1 is 1.29 bits per heavy atom. The standard InChI is InChI=1S/C18H25FN2O3/c1-13(10-15-4-3-5-16(19)12-15)11-17(22)20-14(2)18(23)21-6-8-24-9-7-21/h3-5,12-14H,6-11H2,1-2H3,(H,20,22)/t13-,14-/m0/s1. The van der Waals surface area contributed by atoms with Crippen molar-refractivity contribution in [1.82, 2.24) is 10.2 Å². The van der Waals surface area contributed by atoms with E-state index in [1.165, 1.54) is 12.1 Å². The minimum atomic E-state index is -0.544. The van der Waals surface area contributed by atoms with Gasteiger partial charge in [-0.15, -0.1) is 0 Å². The minimum Gasteiger partial charge on any atom is -0.378 e. The molecule has 1 N–H and O–H groups in total. The fourth-order valence-corrected chi connectivity index (χ4v) is 2.87. The van der Waals surface area contributed by atoms with Gasteiger partial charge in [0, 0.05) is 19.5 Å². The number of hydrogen-bond acceptors (Lipinski definition) is 3. The third-order valence-corrected chi connectivity index (χ3v) is 4.08. The highest BCUT2D eigenvalue weighted by molar-refractivity contribution is 5.87. The van der Waals surface area contributed by atoms with Gasteiger partial charge in [0.05, 0.1) is 13.2 Å². The lowest BCUT2D eigenvalue weighted by Gasteiger charge is -2.29. The molecule has 0 radical (unpaired) electrons. The second-order valence-electron chi connectivity index (χ2n) is 6.37. The third kappa shape index (κ3) is 5.60. The van der Waals surface area contributed by atoms with Gasteiger partial charge in [-0.3, -0.25) is 9.59 Å². The van der Waals surface area contributed by atoms with Gasteiger partial charge in [-0.25, -0.2) is 4.39 Å². The number of halogens is 1. The molecule has 1 aliphatic rings. The molecule has 5 nitrogen and oxygen atoms in total. The maximum absolute atomic E-state index is 13.2. The molecule has 1 heterocycles. The number of morpholine rings is 1. The van der Waals surface area contributed by atoms with E-state index in [0.29, 0.717) is 39.1 Å². The fourth-order valence-electron chi connectivity index (χ4n) is 2.87. The van der Waals surface area contributed by atoms with Crippen molar-refractivity contribution in [2.45, 2.75) is 32.7 Å². The van der Waals surface area contributed by atoms with E-state index in [9.17, 15) is 14.0 Å². The van der Waals surface area contributed by atoms with Gasteiger partial charge < -0.3 is 15.0 Å². The van der Waals surface area contributed by atoms with Crippen molar-refractivity contribution < 1.29 is 18.7 Å². The smallest absolute Gasteiger partial charge is 0.245 e. The maximum atomic E-state index is 13.2. The van der Waals surface area contributed by atoms with E-state index in [0.717, 1.165) is 5.56 Å². The number of nitrogens with zero attached hydrogens (tertiary/aromatic N) is 1. The van der Waals surface area contributed by atoms with Gasteiger partial charge >= 0.3 is 0 Å². The molecule has 0 aliphatic carbocycles. The molecule has 0 unspecified atom stereocenters. The van der Waals surface area contributed by atoms with E-state index in [1.54, 1.807) is 17.9 Å². The third-order valence-electron chi connectivity index (χ3n) is 4.08. The Kier molecular flexibility index (Phi) is 6.73. The molecule has 1 aromatic rings. The quantitative estimate of drug-likeness (QED) is 0.861. The first-order valence-corrected chi connectivity index (χ1v) is 8.36. The number of ether oxygens (including phenoxy) is 1. The Hall–Kier alpha value is -1.95. The van der Waals surface area contributed by atoms with E-state index in [2.05, 4.69) is 5.32 Å². The van der Waals surface area contributed by atoms with Crippen molar-refractivity contribution in [3.63, 3.8) is 0 Å². The number of carbonyl (C=O) groups is 2. The van der Waals surface area contributed by atoms with Crippen LogP contribution in [0.3, 0.4) is 0 Å². The summed E-state index contributed by atoms with van der Waals surface area (Å²) in [4.78, 5) is 26.1. The predicted molar refractivity (Wildman–Crippen MR) is 88.9 cm³/mol. The SMILES string of the molecule is C[C@H](CC(=O)N[C@@H](C)C(=O)N1CCOCC1)Cc1cccc(F)c1. The number of amides is 2. The van der Waals surface area contributed by atoms with Crippen molar-refractivity contribution in [2.24, 2.45) is 5.92 Å². The minimum absolute atomic E-state index is 0.0671. The van der Waals surface area contributed by atoms with Gasteiger partial charge in [0.15, 0.2) is 0 Å². The lowest BCUT2D eigenvalue weighted by molar-refractivity contribution is -0.139. The Morgan fingerprint density at radius 2 is 2.00 bits per heavy atom. The number of hydrogen-bond donors (Lipinski definition) is 1. The molecule has 0 bridgehead atoms. The van der Waals surface area contributed by atoms with Crippen LogP contribution in [0.4, 0.5) is 4.39 Å². The second kappa shape index (κ2) is 8.78. The highest BCUT2D eigenvalue weighted by atomic mass is 19.1. The first kappa shape index (κ1) is 18.4. The lowest BCUT2D eigenvalue weighted by Crippen LogP contribution is -2.50. The van der Waals surface area contributed by atoms with E-state index in [-0.39, 0.29) is 23.5 Å². The van der Waals surface area contributed by atoms with Gasteiger partial charge in [-0.1, -0.05) is 19.1 Å². The Labute approximate surface area is 142 Å². The summed E-state index contributed by atoms with van der Waals surface area (Å²) in [6, 6.07) is 5.86.